The zero-order chi connectivity index (χ0) is 67.0. The number of aliphatic carboxylic acids is 2. The number of pyridine rings is 1. The zero-order valence-corrected chi connectivity index (χ0v) is 54.2. The number of anilines is 1. The van der Waals surface area contributed by atoms with Gasteiger partial charge in [0.15, 0.2) is 5.95 Å². The van der Waals surface area contributed by atoms with Crippen molar-refractivity contribution in [1.29, 1.82) is 0 Å². The summed E-state index contributed by atoms with van der Waals surface area (Å²) < 4.78 is 53.7. The minimum atomic E-state index is -4.46. The van der Waals surface area contributed by atoms with Gasteiger partial charge in [-0.3, -0.25) is 53.1 Å². The van der Waals surface area contributed by atoms with E-state index in [2.05, 4.69) is 51.5 Å². The van der Waals surface area contributed by atoms with Crippen LogP contribution in [0.2, 0.25) is 0 Å². The van der Waals surface area contributed by atoms with E-state index in [1.807, 2.05) is 11.8 Å². The Morgan fingerprint density at radius 3 is 1.98 bits per heavy atom. The molecular weight excluding hydrogens is 1220 g/mol. The first-order chi connectivity index (χ1) is 44.1. The Morgan fingerprint density at radius 1 is 0.739 bits per heavy atom. The highest BCUT2D eigenvalue weighted by atomic mass is 32.2. The molecule has 0 bridgehead atoms. The number of likely N-dealkylation sites (N-methyl/N-ethyl adjacent to an activating group) is 1. The van der Waals surface area contributed by atoms with E-state index < -0.39 is 57.8 Å². The number of ether oxygens (including phenoxy) is 4. The number of carbonyl (C=O) groups excluding carboxylic acids is 5. The van der Waals surface area contributed by atoms with Crippen LogP contribution in [0.4, 0.5) is 5.95 Å². The van der Waals surface area contributed by atoms with Gasteiger partial charge >= 0.3 is 11.9 Å². The molecule has 0 saturated carbocycles. The summed E-state index contributed by atoms with van der Waals surface area (Å²) in [5.74, 6) is -3.75. The molecule has 10 N–H and O–H groups in total. The Kier molecular flexibility index (Phi) is 32.4. The summed E-state index contributed by atoms with van der Waals surface area (Å²) in [6.07, 6.45) is 6.32. The third kappa shape index (κ3) is 26.5. The molecule has 2 aromatic carbocycles. The number of benzene rings is 2. The molecule has 1 aliphatic rings. The highest BCUT2D eigenvalue weighted by molar-refractivity contribution is 7.89. The number of carboxylic acids is 2. The van der Waals surface area contributed by atoms with E-state index in [0.717, 1.165) is 12.1 Å². The van der Waals surface area contributed by atoms with Crippen molar-refractivity contribution in [1.82, 2.24) is 65.4 Å². The van der Waals surface area contributed by atoms with E-state index >= 15 is 0 Å². The first-order valence-electron chi connectivity index (χ1n) is 30.9. The van der Waals surface area contributed by atoms with E-state index in [1.165, 1.54) is 39.2 Å². The predicted molar refractivity (Wildman–Crippen MR) is 341 cm³/mol. The minimum Gasteiger partial charge on any atom is -0.494 e. The Bertz CT molecular complexity index is 3180. The van der Waals surface area contributed by atoms with Crippen LogP contribution in [-0.2, 0) is 66.6 Å². The molecule has 4 aromatic rings. The van der Waals surface area contributed by atoms with E-state index in [-0.39, 0.29) is 90.2 Å². The predicted octanol–water partition coefficient (Wildman–Crippen LogP) is -0.121. The lowest BCUT2D eigenvalue weighted by atomic mass is 10.1. The second-order valence-corrected chi connectivity index (χ2v) is 23.8. The zero-order valence-electron chi connectivity index (χ0n) is 53.4. The molecule has 5 amide bonds. The molecule has 0 aliphatic carbocycles. The summed E-state index contributed by atoms with van der Waals surface area (Å²) in [5.41, 5.74) is 1.09. The molecule has 30 nitrogen and oxygen atoms in total. The third-order valence-electron chi connectivity index (χ3n) is 15.0. The summed E-state index contributed by atoms with van der Waals surface area (Å²) in [4.78, 5) is 116. The molecule has 0 spiro atoms. The van der Waals surface area contributed by atoms with Gasteiger partial charge < -0.3 is 75.5 Å². The molecule has 5 rings (SSSR count). The summed E-state index contributed by atoms with van der Waals surface area (Å²) in [6, 6.07) is 5.35. The minimum absolute atomic E-state index is 0.0203. The van der Waals surface area contributed by atoms with Gasteiger partial charge in [-0.2, -0.15) is 4.72 Å². The van der Waals surface area contributed by atoms with Crippen molar-refractivity contribution >= 4 is 68.3 Å². The maximum absolute atomic E-state index is 13.6. The number of aryl methyl sites for hydroxylation is 3. The average molecular weight is 1310 g/mol. The molecule has 1 fully saturated rings. The van der Waals surface area contributed by atoms with Crippen LogP contribution in [0, 0.1) is 20.9 Å². The second kappa shape index (κ2) is 39.7. The first-order valence-corrected chi connectivity index (χ1v) is 32.3. The van der Waals surface area contributed by atoms with Gasteiger partial charge in [0.2, 0.25) is 39.1 Å². The van der Waals surface area contributed by atoms with Crippen LogP contribution in [0.5, 0.6) is 5.75 Å². The summed E-state index contributed by atoms with van der Waals surface area (Å²) >= 11 is 0. The number of fused-ring (bicyclic) bond motifs is 1. The Morgan fingerprint density at radius 2 is 1.36 bits per heavy atom. The fourth-order valence-corrected chi connectivity index (χ4v) is 11.6. The number of amides is 5. The van der Waals surface area contributed by atoms with E-state index in [1.54, 1.807) is 52.0 Å². The van der Waals surface area contributed by atoms with Crippen molar-refractivity contribution in [3.05, 3.63) is 88.4 Å². The molecule has 92 heavy (non-hydrogen) atoms. The number of nitrogens with one attached hydrogen (secondary N) is 8. The van der Waals surface area contributed by atoms with Gasteiger partial charge in [-0.1, -0.05) is 13.0 Å². The molecule has 1 saturated heterocycles. The smallest absolute Gasteiger partial charge is 0.323 e. The topological polar surface area (TPSA) is 379 Å². The van der Waals surface area contributed by atoms with E-state index in [4.69, 9.17) is 26.0 Å². The Hall–Kier alpha value is -7.62. The molecule has 31 heteroatoms. The standard InChI is InChI=1S/C61H92N14O16S/c1-7-73-22-20-71(5)21-23-75(42-55(79)80)27-26-74(25-24-73)41-54(78)69-49(14-15-52(76)62-4)59(83)64-17-10-29-89-32-34-90-33-31-88-28-9-16-63-53(77)11-8-30-91-46-35-43(2)57(44(3)36-46)92(86,87)70-50(60(84)85)39-67-58(82)48-40-72(6)51-37-45(12-13-47(51)56(48)81)38-68-61-65-18-19-66-61/h5,12-13,18-19,35-37,40,49-50,70H,7-11,14-17,20-34,38-39,41-42H2,1-4,6H3,(H,62,76)(H,63,77)(H,64,83)(H,67,82)(H,69,78)(H,79,80)(H,84,85)(H2,65,66,68)/t49-,50?/m1/s1. The van der Waals surface area contributed by atoms with Gasteiger partial charge in [0, 0.05) is 150 Å². The number of carbonyl (C=O) groups is 7. The van der Waals surface area contributed by atoms with Crippen molar-refractivity contribution in [3.8, 4) is 5.75 Å². The van der Waals surface area contributed by atoms with Crippen LogP contribution in [-0.4, -0.2) is 251 Å². The van der Waals surface area contributed by atoms with Gasteiger partial charge in [0.05, 0.1) is 56.5 Å². The van der Waals surface area contributed by atoms with Gasteiger partial charge in [0.1, 0.15) is 23.4 Å². The van der Waals surface area contributed by atoms with E-state index in [0.29, 0.717) is 142 Å². The second-order valence-electron chi connectivity index (χ2n) is 22.1. The van der Waals surface area contributed by atoms with Crippen LogP contribution >= 0.6 is 0 Å². The largest absolute Gasteiger partial charge is 0.494 e. The van der Waals surface area contributed by atoms with Crippen molar-refractivity contribution in [2.24, 2.45) is 7.05 Å². The Balaban J connectivity index is 0.907. The summed E-state index contributed by atoms with van der Waals surface area (Å²) in [7, 11) is 4.85. The number of H-pyrrole nitrogens is 1. The van der Waals surface area contributed by atoms with Crippen LogP contribution in [0.1, 0.15) is 72.5 Å². The van der Waals surface area contributed by atoms with Gasteiger partial charge in [-0.05, 0) is 87.0 Å². The molecule has 2 atom stereocenters. The summed E-state index contributed by atoms with van der Waals surface area (Å²) in [6.45, 7) is 12.6. The number of carboxylic acid groups (broad SMARTS) is 2. The number of hydrogen-bond donors (Lipinski definition) is 10. The molecule has 2 radical (unpaired) electrons. The highest BCUT2D eigenvalue weighted by Gasteiger charge is 2.30. The Labute approximate surface area is 537 Å². The van der Waals surface area contributed by atoms with Gasteiger partial charge in [-0.15, -0.1) is 0 Å². The van der Waals surface area contributed by atoms with Crippen molar-refractivity contribution < 1.29 is 71.1 Å². The van der Waals surface area contributed by atoms with Crippen molar-refractivity contribution in [3.63, 3.8) is 0 Å². The number of aromatic amines is 1. The maximum Gasteiger partial charge on any atom is 0.323 e. The first kappa shape index (κ1) is 75.1. The molecule has 508 valence electrons. The van der Waals surface area contributed by atoms with Crippen LogP contribution in [0.3, 0.4) is 0 Å². The lowest BCUT2D eigenvalue weighted by molar-refractivity contribution is -0.139. The number of nitrogens with zero attached hydrogens (tertiary/aromatic N) is 6. The van der Waals surface area contributed by atoms with Crippen LogP contribution in [0.15, 0.2) is 58.6 Å². The third-order valence-corrected chi connectivity index (χ3v) is 16.7. The monoisotopic (exact) mass is 1310 g/mol. The molecular formula is C61H92N14O16S. The number of imidazole rings is 1. The maximum atomic E-state index is 13.6. The quantitative estimate of drug-likeness (QED) is 0.0260. The lowest BCUT2D eigenvalue weighted by Crippen LogP contribution is -2.52. The van der Waals surface area contributed by atoms with Gasteiger partial charge in [-0.25, -0.2) is 13.4 Å². The van der Waals surface area contributed by atoms with Crippen LogP contribution < -0.4 is 46.8 Å². The number of aromatic nitrogens is 3. The van der Waals surface area contributed by atoms with Crippen LogP contribution in [0.25, 0.3) is 10.9 Å². The molecule has 2 aromatic heterocycles. The van der Waals surface area contributed by atoms with Crippen molar-refractivity contribution in [2.75, 3.05) is 150 Å². The average Bonchev–Trinajstić information content (AvgIpc) is 1.36. The molecule has 1 aliphatic heterocycles. The van der Waals surface area contributed by atoms with Gasteiger partial charge in [0.25, 0.3) is 5.91 Å². The fourth-order valence-electron chi connectivity index (χ4n) is 9.93. The highest BCUT2D eigenvalue weighted by Crippen LogP contribution is 2.26. The summed E-state index contributed by atoms with van der Waals surface area (Å²) in [5, 5.41) is 36.3. The fraction of sp³-hybridized carbons (Fsp3) is 0.574. The SMILES string of the molecule is [CH]N1CCN(CC)CCN(CC(=O)N[C@H](CCC(=O)NC)C(=O)NCCCOCCOCCOCCCNC(=O)CCCOc2cc(C)c(S(=O)(=O)NC(CNC(=O)c3cn(C)c4cc(CNc5ncc[nH]5)ccc4c3=O)C(=O)O)c(C)c2)CCN(CC(=O)O)CC1. The number of sulfonamides is 1. The number of hydrogen-bond acceptors (Lipinski definition) is 20. The number of rotatable bonds is 39. The normalized spacial score (nSPS) is 14.7. The molecule has 3 heterocycles. The van der Waals surface area contributed by atoms with Crippen molar-refractivity contribution in [2.45, 2.75) is 82.8 Å². The lowest BCUT2D eigenvalue weighted by Gasteiger charge is -2.32. The van der Waals surface area contributed by atoms with E-state index in [9.17, 15) is 57.0 Å². The molecule has 1 unspecified atom stereocenters.